The van der Waals surface area contributed by atoms with E-state index in [4.69, 9.17) is 14.7 Å². The van der Waals surface area contributed by atoms with E-state index in [1.165, 1.54) is 36.4 Å². The fourth-order valence-electron chi connectivity index (χ4n) is 2.00. The van der Waals surface area contributed by atoms with Crippen LogP contribution >= 0.6 is 11.8 Å². The van der Waals surface area contributed by atoms with Crippen molar-refractivity contribution in [2.24, 2.45) is 0 Å². The van der Waals surface area contributed by atoms with Gasteiger partial charge in [-0.3, -0.25) is 4.79 Å². The number of halogens is 2. The quantitative estimate of drug-likeness (QED) is 0.544. The summed E-state index contributed by atoms with van der Waals surface area (Å²) in [4.78, 5) is 24.2. The summed E-state index contributed by atoms with van der Waals surface area (Å²) in [5.74, 6) is -3.61. The van der Waals surface area contributed by atoms with E-state index in [9.17, 15) is 18.4 Å². The van der Waals surface area contributed by atoms with E-state index in [-0.39, 0.29) is 17.9 Å². The highest BCUT2D eigenvalue weighted by molar-refractivity contribution is 7.99. The Morgan fingerprint density at radius 3 is 2.52 bits per heavy atom. The number of nitrogens with zero attached hydrogens (tertiary/aromatic N) is 1. The summed E-state index contributed by atoms with van der Waals surface area (Å²) in [7, 11) is 0. The normalized spacial score (nSPS) is 10.1. The van der Waals surface area contributed by atoms with Gasteiger partial charge in [-0.1, -0.05) is 23.9 Å². The molecular weight excluding hydrogens is 378 g/mol. The third-order valence-electron chi connectivity index (χ3n) is 3.10. The van der Waals surface area contributed by atoms with Crippen LogP contribution in [0.25, 0.3) is 0 Å². The van der Waals surface area contributed by atoms with Crippen molar-refractivity contribution < 1.29 is 27.8 Å². The molecule has 0 saturated heterocycles. The minimum atomic E-state index is -2.52. The summed E-state index contributed by atoms with van der Waals surface area (Å²) in [6.07, 6.45) is 0. The molecule has 0 aliphatic rings. The van der Waals surface area contributed by atoms with Crippen molar-refractivity contribution in [1.29, 1.82) is 5.26 Å². The number of hydrogen-bond acceptors (Lipinski definition) is 6. The molecule has 0 fully saturated rings. The number of hydrogen-bond donors (Lipinski definition) is 1. The Bertz CT molecular complexity index is 838. The molecule has 0 unspecified atom stereocenters. The predicted octanol–water partition coefficient (Wildman–Crippen LogP) is 3.70. The maximum atomic E-state index is 12.3. The fraction of sp³-hybridized carbons (Fsp3) is 0.167. The molecule has 2 aromatic rings. The lowest BCUT2D eigenvalue weighted by Crippen LogP contribution is -2.21. The van der Waals surface area contributed by atoms with Gasteiger partial charge in [-0.05, 0) is 36.4 Å². The van der Waals surface area contributed by atoms with E-state index in [2.05, 4.69) is 5.32 Å². The third-order valence-corrected chi connectivity index (χ3v) is 3.82. The van der Waals surface area contributed by atoms with Gasteiger partial charge in [-0.2, -0.15) is 14.0 Å². The van der Waals surface area contributed by atoms with E-state index in [1.54, 1.807) is 18.2 Å². The van der Waals surface area contributed by atoms with E-state index >= 15 is 0 Å². The summed E-state index contributed by atoms with van der Waals surface area (Å²) in [5, 5.41) is 11.0. The molecule has 0 radical (unpaired) electrons. The molecule has 9 heteroatoms. The number of nitrogens with one attached hydrogen (secondary N) is 1. The molecular formula is C18H14F2N2O4S. The standard InChI is InChI=1S/C18H14F2N2O4S/c19-18(20)27-13-7-5-12(6-8-13)22-16(23)11-26-15-4-2-1-3-14(15)17(24)25-10-9-21/h1-8,18H,10-11H2,(H,22,23). The van der Waals surface area contributed by atoms with Crippen molar-refractivity contribution in [3.63, 3.8) is 0 Å². The molecule has 0 heterocycles. The Balaban J connectivity index is 1.92. The predicted molar refractivity (Wildman–Crippen MR) is 94.8 cm³/mol. The summed E-state index contributed by atoms with van der Waals surface area (Å²) < 4.78 is 34.6. The monoisotopic (exact) mass is 392 g/mol. The second-order valence-corrected chi connectivity index (χ2v) is 6.03. The minimum absolute atomic E-state index is 0.0916. The summed E-state index contributed by atoms with van der Waals surface area (Å²) in [5.41, 5.74) is 0.512. The number of para-hydroxylation sites is 1. The fourth-order valence-corrected chi connectivity index (χ4v) is 2.50. The zero-order valence-corrected chi connectivity index (χ0v) is 14.7. The molecule has 6 nitrogen and oxygen atoms in total. The smallest absolute Gasteiger partial charge is 0.342 e. The molecule has 140 valence electrons. The Kier molecular flexibility index (Phi) is 7.58. The van der Waals surface area contributed by atoms with Gasteiger partial charge in [-0.25, -0.2) is 4.79 Å². The SMILES string of the molecule is N#CCOC(=O)c1ccccc1OCC(=O)Nc1ccc(SC(F)F)cc1. The van der Waals surface area contributed by atoms with Crippen LogP contribution in [0.1, 0.15) is 10.4 Å². The third kappa shape index (κ3) is 6.60. The van der Waals surface area contributed by atoms with Crippen LogP contribution in [0, 0.1) is 11.3 Å². The van der Waals surface area contributed by atoms with Gasteiger partial charge in [-0.15, -0.1) is 0 Å². The first-order valence-electron chi connectivity index (χ1n) is 7.60. The maximum absolute atomic E-state index is 12.3. The van der Waals surface area contributed by atoms with Gasteiger partial charge in [0.25, 0.3) is 11.7 Å². The molecule has 0 atom stereocenters. The van der Waals surface area contributed by atoms with E-state index in [0.717, 1.165) is 0 Å². The number of ether oxygens (including phenoxy) is 2. The van der Waals surface area contributed by atoms with Crippen LogP contribution in [0.5, 0.6) is 5.75 Å². The highest BCUT2D eigenvalue weighted by Crippen LogP contribution is 2.26. The van der Waals surface area contributed by atoms with Gasteiger partial charge in [0.1, 0.15) is 17.4 Å². The molecule has 0 spiro atoms. The van der Waals surface area contributed by atoms with Crippen LogP contribution in [0.3, 0.4) is 0 Å². The number of thioether (sulfide) groups is 1. The van der Waals surface area contributed by atoms with Crippen LogP contribution in [-0.2, 0) is 9.53 Å². The zero-order valence-electron chi connectivity index (χ0n) is 13.9. The summed E-state index contributed by atoms with van der Waals surface area (Å²) in [6.45, 7) is -0.774. The number of anilines is 1. The number of benzene rings is 2. The van der Waals surface area contributed by atoms with Crippen LogP contribution < -0.4 is 10.1 Å². The van der Waals surface area contributed by atoms with Crippen LogP contribution in [-0.4, -0.2) is 30.8 Å². The average molecular weight is 392 g/mol. The molecule has 0 aromatic heterocycles. The Morgan fingerprint density at radius 2 is 1.85 bits per heavy atom. The van der Waals surface area contributed by atoms with E-state index in [0.29, 0.717) is 22.3 Å². The summed E-state index contributed by atoms with van der Waals surface area (Å²) >= 11 is 0.409. The number of rotatable bonds is 8. The van der Waals surface area contributed by atoms with Crippen molar-refractivity contribution in [1.82, 2.24) is 0 Å². The lowest BCUT2D eigenvalue weighted by Gasteiger charge is -2.11. The van der Waals surface area contributed by atoms with Gasteiger partial charge < -0.3 is 14.8 Å². The molecule has 0 aliphatic carbocycles. The Hall–Kier alpha value is -3.12. The van der Waals surface area contributed by atoms with Gasteiger partial charge >= 0.3 is 5.97 Å². The van der Waals surface area contributed by atoms with Crippen molar-refractivity contribution in [2.75, 3.05) is 18.5 Å². The van der Waals surface area contributed by atoms with Crippen molar-refractivity contribution in [3.8, 4) is 11.8 Å². The highest BCUT2D eigenvalue weighted by Gasteiger charge is 2.14. The van der Waals surface area contributed by atoms with Gasteiger partial charge in [0.15, 0.2) is 13.2 Å². The lowest BCUT2D eigenvalue weighted by atomic mass is 10.2. The minimum Gasteiger partial charge on any atom is -0.483 e. The Morgan fingerprint density at radius 1 is 1.15 bits per heavy atom. The Labute approximate surface area is 158 Å². The van der Waals surface area contributed by atoms with Crippen LogP contribution in [0.15, 0.2) is 53.4 Å². The van der Waals surface area contributed by atoms with Gasteiger partial charge in [0, 0.05) is 10.6 Å². The number of carbonyl (C=O) groups is 2. The number of carbonyl (C=O) groups excluding carboxylic acids is 2. The maximum Gasteiger partial charge on any atom is 0.342 e. The molecule has 27 heavy (non-hydrogen) atoms. The van der Waals surface area contributed by atoms with E-state index in [1.807, 2.05) is 0 Å². The topological polar surface area (TPSA) is 88.4 Å². The number of nitriles is 1. The first-order valence-corrected chi connectivity index (χ1v) is 8.48. The van der Waals surface area contributed by atoms with Gasteiger partial charge in [0.2, 0.25) is 0 Å². The van der Waals surface area contributed by atoms with Crippen molar-refractivity contribution in [2.45, 2.75) is 10.7 Å². The molecule has 0 saturated carbocycles. The second-order valence-electron chi connectivity index (χ2n) is 4.97. The second kappa shape index (κ2) is 10.1. The molecule has 1 amide bonds. The number of alkyl halides is 2. The summed E-state index contributed by atoms with van der Waals surface area (Å²) in [6, 6.07) is 13.8. The molecule has 0 bridgehead atoms. The molecule has 1 N–H and O–H groups in total. The molecule has 2 rings (SSSR count). The van der Waals surface area contributed by atoms with Crippen LogP contribution in [0.4, 0.5) is 14.5 Å². The average Bonchev–Trinajstić information content (AvgIpc) is 2.66. The van der Waals surface area contributed by atoms with Gasteiger partial charge in [0.05, 0.1) is 0 Å². The van der Waals surface area contributed by atoms with Crippen molar-refractivity contribution in [3.05, 3.63) is 54.1 Å². The largest absolute Gasteiger partial charge is 0.483 e. The van der Waals surface area contributed by atoms with E-state index < -0.39 is 24.2 Å². The highest BCUT2D eigenvalue weighted by atomic mass is 32.2. The van der Waals surface area contributed by atoms with Crippen molar-refractivity contribution >= 4 is 29.3 Å². The zero-order chi connectivity index (χ0) is 19.6. The first kappa shape index (κ1) is 20.2. The molecule has 0 aliphatic heterocycles. The number of amides is 1. The van der Waals surface area contributed by atoms with Crippen LogP contribution in [0.2, 0.25) is 0 Å². The first-order chi connectivity index (χ1) is 13.0. The number of esters is 1. The molecule has 2 aromatic carbocycles. The lowest BCUT2D eigenvalue weighted by molar-refractivity contribution is -0.118.